The summed E-state index contributed by atoms with van der Waals surface area (Å²) < 4.78 is 0. The van der Waals surface area contributed by atoms with Gasteiger partial charge in [0.05, 0.1) is 0 Å². The minimum absolute atomic E-state index is 0.701. The van der Waals surface area contributed by atoms with Crippen LogP contribution in [0, 0.1) is 0 Å². The Bertz CT molecular complexity index is 320. The molecule has 0 spiro atoms. The Morgan fingerprint density at radius 3 is 2.53 bits per heavy atom. The molecule has 1 aromatic carbocycles. The highest BCUT2D eigenvalue weighted by atomic mass is 32.2. The van der Waals surface area contributed by atoms with E-state index < -0.39 is 0 Å². The fourth-order valence-corrected chi connectivity index (χ4v) is 4.50. The second-order valence-corrected chi connectivity index (χ2v) is 6.60. The van der Waals surface area contributed by atoms with Gasteiger partial charge in [-0.1, -0.05) is 36.4 Å². The lowest BCUT2D eigenvalue weighted by molar-refractivity contribution is 0.949. The summed E-state index contributed by atoms with van der Waals surface area (Å²) in [6, 6.07) is 10.7. The third kappa shape index (κ3) is 3.42. The summed E-state index contributed by atoms with van der Waals surface area (Å²) >= 11 is 0. The lowest BCUT2D eigenvalue weighted by atomic mass is 10.1. The first-order valence-corrected chi connectivity index (χ1v) is 7.44. The Hall–Kier alpha value is -0.690. The van der Waals surface area contributed by atoms with Gasteiger partial charge < -0.3 is 0 Å². The van der Waals surface area contributed by atoms with Gasteiger partial charge in [0.25, 0.3) is 0 Å². The van der Waals surface area contributed by atoms with Crippen LogP contribution in [0.1, 0.15) is 25.3 Å². The van der Waals surface area contributed by atoms with Crippen LogP contribution < -0.4 is 0 Å². The van der Waals surface area contributed by atoms with E-state index in [1.54, 1.807) is 5.57 Å². The molecule has 0 aromatic heterocycles. The van der Waals surface area contributed by atoms with Crippen molar-refractivity contribution >= 4 is 17.0 Å². The monoisotopic (exact) mass is 219 g/mol. The minimum Gasteiger partial charge on any atom is -0.0622 e. The predicted molar refractivity (Wildman–Crippen MR) is 71.3 cm³/mol. The summed E-state index contributed by atoms with van der Waals surface area (Å²) in [6.45, 7) is 2.28. The highest BCUT2D eigenvalue weighted by Gasteiger charge is 2.23. The van der Waals surface area contributed by atoms with Gasteiger partial charge in [-0.05, 0) is 41.8 Å². The van der Waals surface area contributed by atoms with Gasteiger partial charge in [-0.2, -0.15) is 0 Å². The lowest BCUT2D eigenvalue weighted by Crippen LogP contribution is -2.09. The predicted octanol–water partition coefficient (Wildman–Crippen LogP) is 3.50. The molecule has 1 aliphatic rings. The average Bonchev–Trinajstić information content (AvgIpc) is 2.71. The standard InChI is InChI=1S/C14H19S/c1-13(12-15-9-5-6-10-15)11-14-7-3-2-4-8-14/h2-4,7-8,11H,5-6,9-10,12H2,1H3/q+1/b13-11+. The van der Waals surface area contributed by atoms with Crippen LogP contribution in [0.4, 0.5) is 0 Å². The molecule has 0 unspecified atom stereocenters. The summed E-state index contributed by atoms with van der Waals surface area (Å²) in [7, 11) is 0.701. The van der Waals surface area contributed by atoms with Gasteiger partial charge in [0.15, 0.2) is 0 Å². The van der Waals surface area contributed by atoms with Gasteiger partial charge in [-0.25, -0.2) is 0 Å². The first kappa shape index (κ1) is 10.8. The van der Waals surface area contributed by atoms with Crippen molar-refractivity contribution in [2.45, 2.75) is 19.8 Å². The second kappa shape index (κ2) is 5.41. The zero-order valence-corrected chi connectivity index (χ0v) is 10.2. The first-order valence-electron chi connectivity index (χ1n) is 5.71. The molecule has 1 heteroatoms. The van der Waals surface area contributed by atoms with E-state index in [4.69, 9.17) is 0 Å². The Kier molecular flexibility index (Phi) is 3.90. The summed E-state index contributed by atoms with van der Waals surface area (Å²) in [5, 5.41) is 0. The average molecular weight is 219 g/mol. The molecule has 2 rings (SSSR count). The van der Waals surface area contributed by atoms with Crippen LogP contribution >= 0.6 is 0 Å². The van der Waals surface area contributed by atoms with Crippen LogP contribution in [-0.4, -0.2) is 17.3 Å². The van der Waals surface area contributed by atoms with Crippen molar-refractivity contribution in [2.75, 3.05) is 17.3 Å². The van der Waals surface area contributed by atoms with Gasteiger partial charge in [0.1, 0.15) is 17.3 Å². The normalized spacial score (nSPS) is 18.3. The highest BCUT2D eigenvalue weighted by molar-refractivity contribution is 7.97. The maximum Gasteiger partial charge on any atom is 0.129 e. The maximum atomic E-state index is 2.34. The molecule has 1 saturated heterocycles. The van der Waals surface area contributed by atoms with Crippen molar-refractivity contribution < 1.29 is 0 Å². The zero-order chi connectivity index (χ0) is 10.5. The molecule has 80 valence electrons. The van der Waals surface area contributed by atoms with Gasteiger partial charge in [-0.3, -0.25) is 0 Å². The molecule has 1 fully saturated rings. The van der Waals surface area contributed by atoms with E-state index >= 15 is 0 Å². The number of hydrogen-bond donors (Lipinski definition) is 0. The van der Waals surface area contributed by atoms with Crippen LogP contribution in [-0.2, 0) is 10.9 Å². The molecule has 0 bridgehead atoms. The van der Waals surface area contributed by atoms with E-state index in [1.165, 1.54) is 35.7 Å². The minimum atomic E-state index is 0.701. The lowest BCUT2D eigenvalue weighted by Gasteiger charge is -2.01. The molecule has 15 heavy (non-hydrogen) atoms. The molecule has 0 N–H and O–H groups in total. The van der Waals surface area contributed by atoms with Crippen LogP contribution in [0.2, 0.25) is 0 Å². The second-order valence-electron chi connectivity index (χ2n) is 4.27. The van der Waals surface area contributed by atoms with Crippen molar-refractivity contribution in [1.29, 1.82) is 0 Å². The van der Waals surface area contributed by atoms with E-state index in [1.807, 2.05) is 0 Å². The van der Waals surface area contributed by atoms with Crippen LogP contribution in [0.5, 0.6) is 0 Å². The number of benzene rings is 1. The third-order valence-corrected chi connectivity index (χ3v) is 5.36. The van der Waals surface area contributed by atoms with Crippen LogP contribution in [0.25, 0.3) is 6.08 Å². The molecular weight excluding hydrogens is 200 g/mol. The topological polar surface area (TPSA) is 0 Å². The molecule has 1 aromatic rings. The van der Waals surface area contributed by atoms with Crippen molar-refractivity contribution in [3.8, 4) is 0 Å². The molecule has 0 aliphatic carbocycles. The molecule has 1 heterocycles. The number of rotatable bonds is 3. The molecule has 1 aliphatic heterocycles. The summed E-state index contributed by atoms with van der Waals surface area (Å²) in [4.78, 5) is 0. The van der Waals surface area contributed by atoms with Crippen LogP contribution in [0.15, 0.2) is 35.9 Å². The molecule has 0 amide bonds. The first-order chi connectivity index (χ1) is 7.34. The Balaban J connectivity index is 1.95. The van der Waals surface area contributed by atoms with E-state index in [9.17, 15) is 0 Å². The van der Waals surface area contributed by atoms with E-state index in [-0.39, 0.29) is 0 Å². The summed E-state index contributed by atoms with van der Waals surface area (Å²) in [6.07, 6.45) is 5.26. The molecular formula is C14H19S+. The highest BCUT2D eigenvalue weighted by Crippen LogP contribution is 2.17. The number of hydrogen-bond acceptors (Lipinski definition) is 0. The van der Waals surface area contributed by atoms with Gasteiger partial charge in [-0.15, -0.1) is 0 Å². The Labute approximate surface area is 95.7 Å². The molecule has 0 saturated carbocycles. The maximum absolute atomic E-state index is 2.34. The zero-order valence-electron chi connectivity index (χ0n) is 9.41. The fraction of sp³-hybridized carbons (Fsp3) is 0.429. The smallest absolute Gasteiger partial charge is 0.0622 e. The van der Waals surface area contributed by atoms with Crippen molar-refractivity contribution in [1.82, 2.24) is 0 Å². The summed E-state index contributed by atoms with van der Waals surface area (Å²) in [5.74, 6) is 4.27. The van der Waals surface area contributed by atoms with Gasteiger partial charge in [0, 0.05) is 0 Å². The fourth-order valence-electron chi connectivity index (χ4n) is 2.06. The van der Waals surface area contributed by atoms with Gasteiger partial charge >= 0.3 is 0 Å². The third-order valence-electron chi connectivity index (χ3n) is 2.76. The van der Waals surface area contributed by atoms with E-state index in [0.29, 0.717) is 10.9 Å². The van der Waals surface area contributed by atoms with E-state index in [0.717, 1.165) is 0 Å². The molecule has 0 radical (unpaired) electrons. The largest absolute Gasteiger partial charge is 0.129 e. The quantitative estimate of drug-likeness (QED) is 0.683. The molecule has 0 atom stereocenters. The van der Waals surface area contributed by atoms with Crippen molar-refractivity contribution in [2.24, 2.45) is 0 Å². The van der Waals surface area contributed by atoms with Gasteiger partial charge in [0.2, 0.25) is 0 Å². The van der Waals surface area contributed by atoms with Crippen molar-refractivity contribution in [3.05, 3.63) is 41.5 Å². The van der Waals surface area contributed by atoms with E-state index in [2.05, 4.69) is 43.3 Å². The Morgan fingerprint density at radius 2 is 1.87 bits per heavy atom. The van der Waals surface area contributed by atoms with Crippen molar-refractivity contribution in [3.63, 3.8) is 0 Å². The Morgan fingerprint density at radius 1 is 1.20 bits per heavy atom. The SMILES string of the molecule is C/C(=C\c1ccccc1)C[S+]1CCCC1. The van der Waals surface area contributed by atoms with Crippen LogP contribution in [0.3, 0.4) is 0 Å². The summed E-state index contributed by atoms with van der Waals surface area (Å²) in [5.41, 5.74) is 2.89. The molecule has 0 nitrogen and oxygen atoms in total.